The van der Waals surface area contributed by atoms with E-state index in [0.29, 0.717) is 24.2 Å². The minimum absolute atomic E-state index is 0.00973. The van der Waals surface area contributed by atoms with Crippen LogP contribution in [0.5, 0.6) is 0 Å². The molecule has 3 heterocycles. The fraction of sp³-hybridized carbons (Fsp3) is 0.176. The van der Waals surface area contributed by atoms with Crippen LogP contribution in [0.2, 0.25) is 0 Å². The highest BCUT2D eigenvalue weighted by atomic mass is 16.7. The Balaban J connectivity index is 1.10. The van der Waals surface area contributed by atoms with Gasteiger partial charge in [0.2, 0.25) is 0 Å². The second kappa shape index (κ2) is 11.7. The van der Waals surface area contributed by atoms with Crippen molar-refractivity contribution in [2.75, 3.05) is 5.32 Å². The topological polar surface area (TPSA) is 111 Å². The van der Waals surface area contributed by atoms with E-state index in [4.69, 9.17) is 9.47 Å². The highest BCUT2D eigenvalue weighted by Crippen LogP contribution is 2.39. The minimum Gasteiger partial charge on any atom is -0.392 e. The molecule has 1 aliphatic rings. The van der Waals surface area contributed by atoms with Gasteiger partial charge in [0.15, 0.2) is 6.29 Å². The van der Waals surface area contributed by atoms with Gasteiger partial charge in [0.1, 0.15) is 5.69 Å². The molecule has 1 amide bonds. The molecule has 2 N–H and O–H groups in total. The van der Waals surface area contributed by atoms with Crippen LogP contribution in [0.25, 0.3) is 22.1 Å². The maximum absolute atomic E-state index is 12.9. The van der Waals surface area contributed by atoms with E-state index in [2.05, 4.69) is 30.9 Å². The summed E-state index contributed by atoms with van der Waals surface area (Å²) in [5, 5.41) is 12.4. The molecule has 9 heteroatoms. The number of imidazole rings is 1. The van der Waals surface area contributed by atoms with Crippen LogP contribution in [-0.2, 0) is 22.6 Å². The predicted molar refractivity (Wildman–Crippen MR) is 162 cm³/mol. The lowest BCUT2D eigenvalue weighted by atomic mass is 10.00. The number of aliphatic hydroxyl groups is 1. The smallest absolute Gasteiger partial charge is 0.275 e. The molecule has 214 valence electrons. The molecule has 0 saturated carbocycles. The number of rotatable bonds is 7. The van der Waals surface area contributed by atoms with Gasteiger partial charge in [-0.2, -0.15) is 0 Å². The molecule has 6 aromatic rings. The molecule has 1 aliphatic heterocycles. The van der Waals surface area contributed by atoms with Crippen LogP contribution in [0, 0.1) is 0 Å². The van der Waals surface area contributed by atoms with Crippen molar-refractivity contribution in [3.05, 3.63) is 132 Å². The number of benzene rings is 4. The first-order valence-corrected chi connectivity index (χ1v) is 14.2. The summed E-state index contributed by atoms with van der Waals surface area (Å²) in [5.41, 5.74) is 6.95. The first-order valence-electron chi connectivity index (χ1n) is 14.2. The van der Waals surface area contributed by atoms with Crippen LogP contribution < -0.4 is 5.32 Å². The molecule has 2 aromatic heterocycles. The molecular formula is C34H29N5O4. The van der Waals surface area contributed by atoms with Crippen LogP contribution in [0.1, 0.15) is 46.0 Å². The van der Waals surface area contributed by atoms with Gasteiger partial charge in [-0.1, -0.05) is 60.7 Å². The molecule has 0 radical (unpaired) electrons. The van der Waals surface area contributed by atoms with E-state index in [1.165, 1.54) is 6.20 Å². The molecule has 1 saturated heterocycles. The molecule has 1 fully saturated rings. The lowest BCUT2D eigenvalue weighted by Gasteiger charge is -2.36. The lowest BCUT2D eigenvalue weighted by Crippen LogP contribution is -2.32. The Kier molecular flexibility index (Phi) is 7.34. The number of carbonyl (C=O) groups excluding carboxylic acids is 1. The minimum atomic E-state index is -0.618. The quantitative estimate of drug-likeness (QED) is 0.243. The normalized spacial score (nSPS) is 18.6. The second-order valence-electron chi connectivity index (χ2n) is 10.6. The largest absolute Gasteiger partial charge is 0.392 e. The summed E-state index contributed by atoms with van der Waals surface area (Å²) in [6, 6.07) is 30.7. The molecular weight excluding hydrogens is 542 g/mol. The third-order valence-corrected chi connectivity index (χ3v) is 7.66. The van der Waals surface area contributed by atoms with Crippen molar-refractivity contribution in [1.82, 2.24) is 19.5 Å². The van der Waals surface area contributed by atoms with Gasteiger partial charge in [-0.25, -0.2) is 9.97 Å². The number of nitrogens with one attached hydrogen (secondary N) is 1. The van der Waals surface area contributed by atoms with Crippen LogP contribution >= 0.6 is 0 Å². The van der Waals surface area contributed by atoms with Crippen LogP contribution in [0.4, 0.5) is 5.69 Å². The Bertz CT molecular complexity index is 1890. The number of carbonyl (C=O) groups is 1. The third-order valence-electron chi connectivity index (χ3n) is 7.66. The Labute approximate surface area is 247 Å². The van der Waals surface area contributed by atoms with E-state index in [0.717, 1.165) is 33.2 Å². The zero-order valence-electron chi connectivity index (χ0n) is 23.2. The van der Waals surface area contributed by atoms with Crippen molar-refractivity contribution < 1.29 is 19.4 Å². The average Bonchev–Trinajstić information content (AvgIpc) is 3.47. The van der Waals surface area contributed by atoms with Crippen LogP contribution in [0.3, 0.4) is 0 Å². The molecule has 9 nitrogen and oxygen atoms in total. The van der Waals surface area contributed by atoms with E-state index in [1.807, 2.05) is 97.3 Å². The van der Waals surface area contributed by atoms with E-state index >= 15 is 0 Å². The van der Waals surface area contributed by atoms with Gasteiger partial charge in [-0.15, -0.1) is 0 Å². The van der Waals surface area contributed by atoms with E-state index in [9.17, 15) is 9.90 Å². The molecule has 0 spiro atoms. The molecule has 43 heavy (non-hydrogen) atoms. The van der Waals surface area contributed by atoms with Gasteiger partial charge >= 0.3 is 0 Å². The van der Waals surface area contributed by atoms with Crippen molar-refractivity contribution in [3.8, 4) is 0 Å². The summed E-state index contributed by atoms with van der Waals surface area (Å²) < 4.78 is 15.1. The van der Waals surface area contributed by atoms with Gasteiger partial charge < -0.3 is 24.5 Å². The summed E-state index contributed by atoms with van der Waals surface area (Å²) in [7, 11) is 0. The maximum Gasteiger partial charge on any atom is 0.275 e. The number of anilines is 1. The summed E-state index contributed by atoms with van der Waals surface area (Å²) in [6.45, 7) is 0.608. The Hall–Kier alpha value is -4.96. The molecule has 7 rings (SSSR count). The Morgan fingerprint density at radius 3 is 2.35 bits per heavy atom. The predicted octanol–water partition coefficient (Wildman–Crippen LogP) is 5.97. The zero-order valence-corrected chi connectivity index (χ0v) is 23.2. The van der Waals surface area contributed by atoms with Gasteiger partial charge in [0.25, 0.3) is 5.91 Å². The number of aliphatic hydroxyl groups excluding tert-OH is 1. The summed E-state index contributed by atoms with van der Waals surface area (Å²) in [5.74, 6) is -0.338. The first-order chi connectivity index (χ1) is 21.1. The van der Waals surface area contributed by atoms with E-state index in [-0.39, 0.29) is 30.4 Å². The van der Waals surface area contributed by atoms with Crippen LogP contribution in [-0.4, -0.2) is 36.6 Å². The SMILES string of the molecule is O=C(Nc1ccc(C2OC(Cn3cnc4ccccc43)CC(c3ccc(CO)cc3)O2)cc1)c1cnc2ccccc2n1. The highest BCUT2D eigenvalue weighted by Gasteiger charge is 2.32. The molecule has 3 unspecified atom stereocenters. The monoisotopic (exact) mass is 571 g/mol. The second-order valence-corrected chi connectivity index (χ2v) is 10.6. The zero-order chi connectivity index (χ0) is 29.2. The number of aromatic nitrogens is 4. The third kappa shape index (κ3) is 5.74. The fourth-order valence-corrected chi connectivity index (χ4v) is 5.39. The first kappa shape index (κ1) is 26.9. The average molecular weight is 572 g/mol. The number of hydrogen-bond acceptors (Lipinski definition) is 7. The van der Waals surface area contributed by atoms with Gasteiger partial charge in [-0.3, -0.25) is 9.78 Å². The highest BCUT2D eigenvalue weighted by molar-refractivity contribution is 6.03. The maximum atomic E-state index is 12.9. The molecule has 0 aliphatic carbocycles. The fourth-order valence-electron chi connectivity index (χ4n) is 5.39. The summed E-state index contributed by atoms with van der Waals surface area (Å²) in [4.78, 5) is 26.2. The molecule has 4 aromatic carbocycles. The number of ether oxygens (including phenoxy) is 2. The summed E-state index contributed by atoms with van der Waals surface area (Å²) >= 11 is 0. The lowest BCUT2D eigenvalue weighted by molar-refractivity contribution is -0.252. The summed E-state index contributed by atoms with van der Waals surface area (Å²) in [6.07, 6.45) is 3.00. The van der Waals surface area contributed by atoms with Crippen molar-refractivity contribution in [2.45, 2.75) is 38.1 Å². The number of fused-ring (bicyclic) bond motifs is 2. The molecule has 3 atom stereocenters. The number of amides is 1. The van der Waals surface area contributed by atoms with Crippen molar-refractivity contribution in [3.63, 3.8) is 0 Å². The van der Waals surface area contributed by atoms with E-state index in [1.54, 1.807) is 0 Å². The van der Waals surface area contributed by atoms with Gasteiger partial charge in [-0.05, 0) is 47.5 Å². The molecule has 0 bridgehead atoms. The number of hydrogen-bond donors (Lipinski definition) is 2. The van der Waals surface area contributed by atoms with Crippen LogP contribution in [0.15, 0.2) is 110 Å². The van der Waals surface area contributed by atoms with E-state index < -0.39 is 6.29 Å². The Morgan fingerprint density at radius 2 is 1.56 bits per heavy atom. The van der Waals surface area contributed by atoms with Crippen molar-refractivity contribution in [2.24, 2.45) is 0 Å². The Morgan fingerprint density at radius 1 is 0.837 bits per heavy atom. The van der Waals surface area contributed by atoms with Crippen molar-refractivity contribution in [1.29, 1.82) is 0 Å². The van der Waals surface area contributed by atoms with Gasteiger partial charge in [0, 0.05) is 17.7 Å². The number of nitrogens with zero attached hydrogens (tertiary/aromatic N) is 4. The standard InChI is InChI=1S/C34H29N5O4/c40-20-22-9-11-23(12-10-22)32-17-26(19-39-21-36-29-7-3-4-8-31(29)39)42-34(43-32)24-13-15-25(16-14-24)37-33(41)30-18-35-27-5-1-2-6-28(27)38-30/h1-16,18,21,26,32,34,40H,17,19-20H2,(H,37,41). The van der Waals surface area contributed by atoms with Crippen molar-refractivity contribution >= 4 is 33.7 Å². The number of para-hydroxylation sites is 4. The van der Waals surface area contributed by atoms with Gasteiger partial charge in [0.05, 0.1) is 60.0 Å².